The molecule has 0 aliphatic rings. The Morgan fingerprint density at radius 2 is 1.65 bits per heavy atom. The smallest absolute Gasteiger partial charge is 0.405 e. The zero-order chi connectivity index (χ0) is 23.9. The Morgan fingerprint density at radius 3 is 2.13 bits per heavy atom. The summed E-state index contributed by atoms with van der Waals surface area (Å²) in [6.45, 7) is 7.60. The fourth-order valence-corrected chi connectivity index (χ4v) is 4.43. The first kappa shape index (κ1) is 29.3. The van der Waals surface area contributed by atoms with Crippen molar-refractivity contribution in [3.05, 3.63) is 0 Å². The van der Waals surface area contributed by atoms with E-state index in [0.29, 0.717) is 19.3 Å². The molecule has 0 spiro atoms. The fraction of sp³-hybridized carbons (Fsp3) is 0.842. The normalized spacial score (nSPS) is 13.5. The largest absolute Gasteiger partial charge is 0.465 e. The highest BCUT2D eigenvalue weighted by molar-refractivity contribution is 7.54. The minimum absolute atomic E-state index is 0.166. The van der Waals surface area contributed by atoms with Crippen LogP contribution in [0.2, 0.25) is 0 Å². The molecule has 0 heterocycles. The summed E-state index contributed by atoms with van der Waals surface area (Å²) in [5, 5.41) is 25.9. The van der Waals surface area contributed by atoms with Gasteiger partial charge in [0.2, 0.25) is 11.8 Å². The Balaban J connectivity index is 4.51. The maximum Gasteiger partial charge on any atom is 0.405 e. The van der Waals surface area contributed by atoms with E-state index in [1.165, 1.54) is 0 Å². The molecule has 0 bridgehead atoms. The van der Waals surface area contributed by atoms with E-state index in [-0.39, 0.29) is 44.9 Å². The van der Waals surface area contributed by atoms with Gasteiger partial charge < -0.3 is 35.2 Å². The maximum absolute atomic E-state index is 12.4. The topological polar surface area (TPSA) is 163 Å². The average Bonchev–Trinajstić information content (AvgIpc) is 2.65. The summed E-state index contributed by atoms with van der Waals surface area (Å²) in [6.07, 6.45) is 0.0474. The van der Waals surface area contributed by atoms with E-state index in [4.69, 9.17) is 14.2 Å². The van der Waals surface area contributed by atoms with Crippen LogP contribution in [0.4, 0.5) is 4.79 Å². The number of carbonyl (C=O) groups excluding carboxylic acids is 2. The molecule has 3 amide bonds. The molecule has 2 atom stereocenters. The summed E-state index contributed by atoms with van der Waals surface area (Å²) in [5.41, 5.74) is 0. The van der Waals surface area contributed by atoms with Crippen LogP contribution < -0.4 is 16.0 Å². The van der Waals surface area contributed by atoms with Gasteiger partial charge in [0.15, 0.2) is 0 Å². The van der Waals surface area contributed by atoms with Crippen LogP contribution in [0, 0.1) is 5.92 Å². The molecule has 0 aliphatic heterocycles. The van der Waals surface area contributed by atoms with Crippen molar-refractivity contribution in [1.29, 1.82) is 0 Å². The van der Waals surface area contributed by atoms with E-state index < -0.39 is 37.6 Å². The number of hydrogen-bond donors (Lipinski definition) is 5. The van der Waals surface area contributed by atoms with Gasteiger partial charge in [-0.2, -0.15) is 0 Å². The highest BCUT2D eigenvalue weighted by Gasteiger charge is 2.27. The van der Waals surface area contributed by atoms with Gasteiger partial charge in [0.05, 0.1) is 25.9 Å². The number of carboxylic acid groups (broad SMARTS) is 1. The Morgan fingerprint density at radius 1 is 1.03 bits per heavy atom. The molecule has 0 aromatic carbocycles. The zero-order valence-corrected chi connectivity index (χ0v) is 19.8. The van der Waals surface area contributed by atoms with Crippen LogP contribution >= 0.6 is 7.60 Å². The third-order valence-corrected chi connectivity index (χ3v) is 6.15. The first-order chi connectivity index (χ1) is 14.6. The summed E-state index contributed by atoms with van der Waals surface area (Å²) in [5.74, 6) is -0.712. The van der Waals surface area contributed by atoms with Crippen molar-refractivity contribution >= 4 is 25.5 Å². The number of aliphatic hydroxyl groups is 1. The van der Waals surface area contributed by atoms with Crippen LogP contribution in [0.3, 0.4) is 0 Å². The average molecular weight is 468 g/mol. The third kappa shape index (κ3) is 14.1. The number of hydrogen-bond acceptors (Lipinski definition) is 7. The zero-order valence-electron chi connectivity index (χ0n) is 18.9. The minimum Gasteiger partial charge on any atom is -0.465 e. The molecular weight excluding hydrogens is 429 g/mol. The predicted molar refractivity (Wildman–Crippen MR) is 116 cm³/mol. The molecule has 0 rings (SSSR count). The molecule has 0 aromatic heterocycles. The molecule has 0 saturated carbocycles. The molecule has 0 saturated heterocycles. The van der Waals surface area contributed by atoms with E-state index in [1.54, 1.807) is 13.8 Å². The van der Waals surface area contributed by atoms with Crippen LogP contribution in [-0.2, 0) is 23.2 Å². The van der Waals surface area contributed by atoms with Gasteiger partial charge in [-0.3, -0.25) is 14.2 Å². The molecule has 182 valence electrons. The molecule has 0 radical (unpaired) electrons. The Hall–Kier alpha value is -1.68. The molecular formula is C19H38N3O8P. The number of carbonyl (C=O) groups is 3. The summed E-state index contributed by atoms with van der Waals surface area (Å²) in [6, 6.07) is -1.42. The summed E-state index contributed by atoms with van der Waals surface area (Å²) < 4.78 is 22.5. The summed E-state index contributed by atoms with van der Waals surface area (Å²) in [4.78, 5) is 35.4. The number of unbranched alkanes of at least 4 members (excludes halogenated alkanes) is 1. The highest BCUT2D eigenvalue weighted by Crippen LogP contribution is 2.47. The van der Waals surface area contributed by atoms with E-state index >= 15 is 0 Å². The van der Waals surface area contributed by atoms with E-state index in [0.717, 1.165) is 0 Å². The monoisotopic (exact) mass is 467 g/mol. The Labute approximate surface area is 184 Å². The minimum atomic E-state index is -3.46. The molecule has 11 nitrogen and oxygen atoms in total. The first-order valence-electron chi connectivity index (χ1n) is 10.6. The van der Waals surface area contributed by atoms with Crippen molar-refractivity contribution < 1.29 is 38.2 Å². The van der Waals surface area contributed by atoms with Crippen LogP contribution in [0.25, 0.3) is 0 Å². The van der Waals surface area contributed by atoms with Gasteiger partial charge in [-0.25, -0.2) is 4.79 Å². The van der Waals surface area contributed by atoms with E-state index in [9.17, 15) is 24.1 Å². The van der Waals surface area contributed by atoms with Crippen LogP contribution in [0.1, 0.15) is 53.4 Å². The number of rotatable bonds is 17. The lowest BCUT2D eigenvalue weighted by atomic mass is 10.0. The molecule has 0 aliphatic carbocycles. The van der Waals surface area contributed by atoms with Crippen LogP contribution in [0.15, 0.2) is 0 Å². The molecule has 1 unspecified atom stereocenters. The second-order valence-corrected chi connectivity index (χ2v) is 9.52. The lowest BCUT2D eigenvalue weighted by Crippen LogP contribution is -2.50. The van der Waals surface area contributed by atoms with Gasteiger partial charge in [0.25, 0.3) is 0 Å². The van der Waals surface area contributed by atoms with E-state index in [2.05, 4.69) is 16.0 Å². The quantitative estimate of drug-likeness (QED) is 0.159. The molecule has 0 aromatic rings. The van der Waals surface area contributed by atoms with Gasteiger partial charge in [-0.05, 0) is 45.4 Å². The molecule has 31 heavy (non-hydrogen) atoms. The van der Waals surface area contributed by atoms with Crippen molar-refractivity contribution in [3.63, 3.8) is 0 Å². The first-order valence-corrected chi connectivity index (χ1v) is 12.3. The SMILES string of the molecule is CCOP(=O)(CC(=O)NCCCCC(NC(=O)O)C(=O)N[C@H](CO)CC(C)C)OCC. The summed E-state index contributed by atoms with van der Waals surface area (Å²) >= 11 is 0. The third-order valence-electron chi connectivity index (χ3n) is 4.17. The Bertz CT molecular complexity index is 593. The van der Waals surface area contributed by atoms with Crippen molar-refractivity contribution in [1.82, 2.24) is 16.0 Å². The standard InChI is InChI=1S/C19H38N3O8P/c1-5-29-31(28,30-6-2)13-17(24)20-10-8-7-9-16(22-19(26)27)18(25)21-15(12-23)11-14(3)4/h14-16,22-23H,5-13H2,1-4H3,(H,20,24)(H,21,25)(H,26,27)/t15-,16?/m0/s1. The number of nitrogens with one attached hydrogen (secondary N) is 3. The fourth-order valence-electron chi connectivity index (χ4n) is 2.92. The number of aliphatic hydroxyl groups excluding tert-OH is 1. The molecule has 12 heteroatoms. The van der Waals surface area contributed by atoms with Gasteiger partial charge in [0.1, 0.15) is 12.2 Å². The molecule has 0 fully saturated rings. The van der Waals surface area contributed by atoms with Gasteiger partial charge in [-0.1, -0.05) is 13.8 Å². The molecule has 5 N–H and O–H groups in total. The van der Waals surface area contributed by atoms with Crippen LogP contribution in [0.5, 0.6) is 0 Å². The van der Waals surface area contributed by atoms with Crippen molar-refractivity contribution in [3.8, 4) is 0 Å². The second kappa shape index (κ2) is 16.0. The maximum atomic E-state index is 12.4. The van der Waals surface area contributed by atoms with Gasteiger partial charge in [-0.15, -0.1) is 0 Å². The lowest BCUT2D eigenvalue weighted by Gasteiger charge is -2.22. The Kier molecular flexibility index (Phi) is 15.2. The second-order valence-electron chi connectivity index (χ2n) is 7.47. The van der Waals surface area contributed by atoms with Crippen molar-refractivity contribution in [2.24, 2.45) is 5.92 Å². The van der Waals surface area contributed by atoms with Crippen molar-refractivity contribution in [2.75, 3.05) is 32.5 Å². The van der Waals surface area contributed by atoms with E-state index in [1.807, 2.05) is 13.8 Å². The highest BCUT2D eigenvalue weighted by atomic mass is 31.2. The van der Waals surface area contributed by atoms with Gasteiger partial charge >= 0.3 is 13.7 Å². The van der Waals surface area contributed by atoms with Crippen LogP contribution in [-0.4, -0.2) is 72.7 Å². The van der Waals surface area contributed by atoms with Gasteiger partial charge in [0, 0.05) is 6.54 Å². The predicted octanol–water partition coefficient (Wildman–Crippen LogP) is 1.70. The summed E-state index contributed by atoms with van der Waals surface area (Å²) in [7, 11) is -3.46. The lowest BCUT2D eigenvalue weighted by molar-refractivity contribution is -0.124. The van der Waals surface area contributed by atoms with Crippen molar-refractivity contribution in [2.45, 2.75) is 65.5 Å². The number of amides is 3.